The summed E-state index contributed by atoms with van der Waals surface area (Å²) in [5.41, 5.74) is 2.72. The fraction of sp³-hybridized carbons (Fsp3) is 0.357. The number of benzene rings is 1. The van der Waals surface area contributed by atoms with Gasteiger partial charge in [0.2, 0.25) is 5.91 Å². The summed E-state index contributed by atoms with van der Waals surface area (Å²) in [5.74, 6) is 0.683. The number of aromatic amines is 1. The summed E-state index contributed by atoms with van der Waals surface area (Å²) in [6.07, 6.45) is 1.07. The number of halogens is 2. The van der Waals surface area contributed by atoms with Crippen LogP contribution in [0.2, 0.25) is 10.0 Å². The van der Waals surface area contributed by atoms with Gasteiger partial charge in [-0.15, -0.1) is 0 Å². The van der Waals surface area contributed by atoms with Gasteiger partial charge < -0.3 is 15.0 Å². The van der Waals surface area contributed by atoms with Gasteiger partial charge in [0.25, 0.3) is 0 Å². The maximum atomic E-state index is 11.8. The Bertz CT molecular complexity index is 694. The predicted molar refractivity (Wildman–Crippen MR) is 79.9 cm³/mol. The molecule has 0 bridgehead atoms. The summed E-state index contributed by atoms with van der Waals surface area (Å²) in [4.78, 5) is 15.1. The number of carbonyl (C=O) groups is 1. The Morgan fingerprint density at radius 2 is 2.20 bits per heavy atom. The number of ether oxygens (including phenoxy) is 1. The first-order chi connectivity index (χ1) is 9.61. The van der Waals surface area contributed by atoms with E-state index in [2.05, 4.69) is 10.3 Å². The Balaban J connectivity index is 2.31. The number of H-pyrrole nitrogens is 1. The molecule has 6 heteroatoms. The Morgan fingerprint density at radius 1 is 1.40 bits per heavy atom. The van der Waals surface area contributed by atoms with Crippen molar-refractivity contribution >= 4 is 40.0 Å². The van der Waals surface area contributed by atoms with Gasteiger partial charge >= 0.3 is 0 Å². The molecule has 2 heterocycles. The highest BCUT2D eigenvalue weighted by atomic mass is 35.5. The van der Waals surface area contributed by atoms with E-state index in [9.17, 15) is 4.79 Å². The van der Waals surface area contributed by atoms with Crippen LogP contribution in [0.15, 0.2) is 6.07 Å². The number of fused-ring (bicyclic) bond motifs is 3. The van der Waals surface area contributed by atoms with E-state index in [-0.39, 0.29) is 5.91 Å². The fourth-order valence-electron chi connectivity index (χ4n) is 2.62. The van der Waals surface area contributed by atoms with Crippen LogP contribution >= 0.6 is 23.2 Å². The van der Waals surface area contributed by atoms with Crippen molar-refractivity contribution in [2.45, 2.75) is 19.8 Å². The van der Waals surface area contributed by atoms with Gasteiger partial charge in [0.05, 0.1) is 28.6 Å². The minimum Gasteiger partial charge on any atom is -0.493 e. The molecule has 1 aliphatic rings. The molecule has 1 aliphatic heterocycles. The molecule has 2 aromatic rings. The van der Waals surface area contributed by atoms with Crippen LogP contribution in [-0.4, -0.2) is 24.0 Å². The molecule has 1 aromatic heterocycles. The van der Waals surface area contributed by atoms with E-state index in [1.165, 1.54) is 0 Å². The minimum atomic E-state index is 0.0122. The molecule has 20 heavy (non-hydrogen) atoms. The summed E-state index contributed by atoms with van der Waals surface area (Å²) in [7, 11) is 0. The summed E-state index contributed by atoms with van der Waals surface area (Å²) < 4.78 is 5.66. The van der Waals surface area contributed by atoms with Gasteiger partial charge in [-0.3, -0.25) is 4.79 Å². The molecular formula is C14H14Cl2N2O2. The number of nitrogens with one attached hydrogen (secondary N) is 2. The molecule has 0 fully saturated rings. The van der Waals surface area contributed by atoms with Crippen molar-refractivity contribution in [3.63, 3.8) is 0 Å². The smallest absolute Gasteiger partial charge is 0.224 e. The Hall–Kier alpha value is -1.39. The number of hydrogen-bond donors (Lipinski definition) is 2. The monoisotopic (exact) mass is 312 g/mol. The number of amides is 1. The van der Waals surface area contributed by atoms with Crippen LogP contribution in [0.1, 0.15) is 18.2 Å². The minimum absolute atomic E-state index is 0.0122. The molecule has 0 atom stereocenters. The molecule has 4 nitrogen and oxygen atoms in total. The molecule has 1 amide bonds. The zero-order valence-electron chi connectivity index (χ0n) is 11.0. The first kappa shape index (κ1) is 13.6. The van der Waals surface area contributed by atoms with E-state index in [0.717, 1.165) is 28.6 Å². The highest BCUT2D eigenvalue weighted by molar-refractivity contribution is 6.45. The van der Waals surface area contributed by atoms with E-state index in [0.29, 0.717) is 35.4 Å². The first-order valence-electron chi connectivity index (χ1n) is 6.52. The number of carbonyl (C=O) groups excluding carboxylic acids is 1. The van der Waals surface area contributed by atoms with Crippen molar-refractivity contribution < 1.29 is 9.53 Å². The van der Waals surface area contributed by atoms with Crippen molar-refractivity contribution in [2.24, 2.45) is 0 Å². The zero-order chi connectivity index (χ0) is 14.3. The SMILES string of the molecule is CCOc1cc(Cl)c(Cl)c2[nH]c3c(c12)CC(=O)NCC3. The Kier molecular flexibility index (Phi) is 3.52. The number of rotatable bonds is 2. The number of hydrogen-bond acceptors (Lipinski definition) is 2. The maximum absolute atomic E-state index is 11.8. The lowest BCUT2D eigenvalue weighted by Gasteiger charge is -2.09. The molecule has 1 aromatic carbocycles. The topological polar surface area (TPSA) is 54.1 Å². The van der Waals surface area contributed by atoms with Crippen LogP contribution in [0.25, 0.3) is 10.9 Å². The van der Waals surface area contributed by atoms with E-state index in [1.54, 1.807) is 6.07 Å². The normalized spacial score (nSPS) is 14.8. The van der Waals surface area contributed by atoms with Crippen molar-refractivity contribution in [2.75, 3.05) is 13.2 Å². The third-order valence-corrected chi connectivity index (χ3v) is 4.25. The van der Waals surface area contributed by atoms with E-state index in [4.69, 9.17) is 27.9 Å². The average Bonchev–Trinajstić information content (AvgIpc) is 2.65. The maximum Gasteiger partial charge on any atom is 0.224 e. The van der Waals surface area contributed by atoms with E-state index in [1.807, 2.05) is 6.92 Å². The molecule has 0 saturated heterocycles. The summed E-state index contributed by atoms with van der Waals surface area (Å²) in [6.45, 7) is 3.06. The molecule has 0 unspecified atom stereocenters. The van der Waals surface area contributed by atoms with Crippen LogP contribution in [0.5, 0.6) is 5.75 Å². The molecule has 3 rings (SSSR count). The average molecular weight is 313 g/mol. The summed E-state index contributed by atoms with van der Waals surface area (Å²) in [5, 5.41) is 4.65. The van der Waals surface area contributed by atoms with Gasteiger partial charge in [0, 0.05) is 30.1 Å². The molecule has 2 N–H and O–H groups in total. The van der Waals surface area contributed by atoms with E-state index < -0.39 is 0 Å². The highest BCUT2D eigenvalue weighted by Crippen LogP contribution is 2.40. The zero-order valence-corrected chi connectivity index (χ0v) is 12.5. The van der Waals surface area contributed by atoms with Gasteiger partial charge in [-0.25, -0.2) is 0 Å². The van der Waals surface area contributed by atoms with Crippen molar-refractivity contribution in [3.8, 4) is 5.75 Å². The molecule has 0 saturated carbocycles. The largest absolute Gasteiger partial charge is 0.493 e. The second kappa shape index (κ2) is 5.19. The van der Waals surface area contributed by atoms with Gasteiger partial charge in [-0.2, -0.15) is 0 Å². The van der Waals surface area contributed by atoms with Crippen molar-refractivity contribution in [1.82, 2.24) is 10.3 Å². The van der Waals surface area contributed by atoms with Crippen molar-refractivity contribution in [3.05, 3.63) is 27.4 Å². The molecule has 0 aliphatic carbocycles. The second-order valence-electron chi connectivity index (χ2n) is 4.71. The lowest BCUT2D eigenvalue weighted by Crippen LogP contribution is -2.24. The van der Waals surface area contributed by atoms with Crippen LogP contribution in [0, 0.1) is 0 Å². The van der Waals surface area contributed by atoms with Crippen molar-refractivity contribution in [1.29, 1.82) is 0 Å². The quantitative estimate of drug-likeness (QED) is 0.895. The summed E-state index contributed by atoms with van der Waals surface area (Å²) >= 11 is 12.4. The van der Waals surface area contributed by atoms with Crippen LogP contribution in [-0.2, 0) is 17.6 Å². The predicted octanol–water partition coefficient (Wildman–Crippen LogP) is 3.09. The second-order valence-corrected chi connectivity index (χ2v) is 5.50. The van der Waals surface area contributed by atoms with Crippen LogP contribution in [0.4, 0.5) is 0 Å². The molecular weight excluding hydrogens is 299 g/mol. The van der Waals surface area contributed by atoms with Gasteiger partial charge in [-0.05, 0) is 12.5 Å². The fourth-order valence-corrected chi connectivity index (χ4v) is 3.01. The Morgan fingerprint density at radius 3 is 2.95 bits per heavy atom. The third kappa shape index (κ3) is 2.13. The standard InChI is InChI=1S/C14H14Cl2N2O2/c1-2-20-10-6-8(15)13(16)14-12(10)7-5-11(19)17-4-3-9(7)18-14/h6,18H,2-5H2,1H3,(H,17,19). The molecule has 0 radical (unpaired) electrons. The van der Waals surface area contributed by atoms with Gasteiger partial charge in [-0.1, -0.05) is 23.2 Å². The van der Waals surface area contributed by atoms with E-state index >= 15 is 0 Å². The Labute approximate surface area is 126 Å². The van der Waals surface area contributed by atoms with Gasteiger partial charge in [0.1, 0.15) is 5.75 Å². The lowest BCUT2D eigenvalue weighted by atomic mass is 10.1. The summed E-state index contributed by atoms with van der Waals surface area (Å²) in [6, 6.07) is 1.71. The third-order valence-electron chi connectivity index (χ3n) is 3.46. The van der Waals surface area contributed by atoms with Crippen LogP contribution in [0.3, 0.4) is 0 Å². The van der Waals surface area contributed by atoms with Crippen LogP contribution < -0.4 is 10.1 Å². The number of aromatic nitrogens is 1. The first-order valence-corrected chi connectivity index (χ1v) is 7.28. The lowest BCUT2D eigenvalue weighted by molar-refractivity contribution is -0.120. The van der Waals surface area contributed by atoms with Gasteiger partial charge in [0.15, 0.2) is 0 Å². The highest BCUT2D eigenvalue weighted by Gasteiger charge is 2.23. The molecule has 0 spiro atoms. The molecule has 106 valence electrons.